The number of hydrogen-bond donors (Lipinski definition) is 2. The molecule has 1 aliphatic heterocycles. The smallest absolute Gasteiger partial charge is 0.134 e. The van der Waals surface area contributed by atoms with Crippen LogP contribution in [0.5, 0.6) is 0 Å². The summed E-state index contributed by atoms with van der Waals surface area (Å²) in [7, 11) is 1.89. The monoisotopic (exact) mass is 200 g/mol. The lowest BCUT2D eigenvalue weighted by atomic mass is 10.2. The van der Waals surface area contributed by atoms with Gasteiger partial charge in [0.05, 0.1) is 5.69 Å². The molecule has 13 heavy (non-hydrogen) atoms. The van der Waals surface area contributed by atoms with Crippen LogP contribution in [0.25, 0.3) is 0 Å². The van der Waals surface area contributed by atoms with Crippen LogP contribution in [0.2, 0.25) is 0 Å². The molecule has 0 unspecified atom stereocenters. The van der Waals surface area contributed by atoms with Crippen LogP contribution >= 0.6 is 12.4 Å². The molecular weight excluding hydrogens is 188 g/mol. The Hall–Kier alpha value is -0.870. The maximum Gasteiger partial charge on any atom is 0.134 e. The van der Waals surface area contributed by atoms with Gasteiger partial charge in [0.2, 0.25) is 0 Å². The molecule has 0 fully saturated rings. The number of halogens is 1. The van der Waals surface area contributed by atoms with E-state index in [1.54, 1.807) is 0 Å². The van der Waals surface area contributed by atoms with Gasteiger partial charge in [-0.1, -0.05) is 0 Å². The summed E-state index contributed by atoms with van der Waals surface area (Å²) in [4.78, 5) is 8.65. The largest absolute Gasteiger partial charge is 0.373 e. The molecule has 0 spiro atoms. The lowest BCUT2D eigenvalue weighted by molar-refractivity contribution is 0.757. The number of fused-ring (bicyclic) bond motifs is 1. The molecule has 0 atom stereocenters. The number of nitrogens with zero attached hydrogens (tertiary/aromatic N) is 2. The van der Waals surface area contributed by atoms with Gasteiger partial charge in [-0.2, -0.15) is 0 Å². The van der Waals surface area contributed by atoms with E-state index in [9.17, 15) is 0 Å². The second kappa shape index (κ2) is 3.89. The van der Waals surface area contributed by atoms with E-state index in [4.69, 9.17) is 0 Å². The summed E-state index contributed by atoms with van der Waals surface area (Å²) in [5, 5.41) is 6.32. The summed E-state index contributed by atoms with van der Waals surface area (Å²) in [6, 6.07) is 0. The van der Waals surface area contributed by atoms with Crippen molar-refractivity contribution in [2.24, 2.45) is 0 Å². The summed E-state index contributed by atoms with van der Waals surface area (Å²) in [6.07, 6.45) is 0. The molecule has 5 heteroatoms. The van der Waals surface area contributed by atoms with Gasteiger partial charge in [0.25, 0.3) is 0 Å². The molecule has 1 aromatic heterocycles. The molecule has 0 aromatic carbocycles. The molecule has 0 amide bonds. The number of aromatic nitrogens is 2. The Morgan fingerprint density at radius 3 is 2.77 bits per heavy atom. The standard InChI is InChI=1S/C8H12N4.ClH/c1-5-11-7-4-10-3-6(7)8(9-2)12-5;/h10H,3-4H2,1-2H3,(H,9,11,12);1H. The first kappa shape index (κ1) is 10.2. The van der Waals surface area contributed by atoms with Crippen LogP contribution in [0.4, 0.5) is 5.82 Å². The third kappa shape index (κ3) is 1.73. The third-order valence-corrected chi connectivity index (χ3v) is 2.04. The fourth-order valence-electron chi connectivity index (χ4n) is 1.50. The predicted octanol–water partition coefficient (Wildman–Crippen LogP) is 0.852. The highest BCUT2D eigenvalue weighted by Gasteiger charge is 2.16. The van der Waals surface area contributed by atoms with Crippen molar-refractivity contribution in [3.8, 4) is 0 Å². The Balaban J connectivity index is 0.000000845. The van der Waals surface area contributed by atoms with Gasteiger partial charge in [-0.05, 0) is 6.92 Å². The zero-order valence-electron chi connectivity index (χ0n) is 7.72. The molecule has 2 rings (SSSR count). The van der Waals surface area contributed by atoms with E-state index in [0.717, 1.165) is 30.4 Å². The highest BCUT2D eigenvalue weighted by atomic mass is 35.5. The molecule has 1 aromatic rings. The van der Waals surface area contributed by atoms with Gasteiger partial charge in [-0.25, -0.2) is 9.97 Å². The van der Waals surface area contributed by atoms with Crippen molar-refractivity contribution in [1.29, 1.82) is 0 Å². The van der Waals surface area contributed by atoms with Gasteiger partial charge in [0.15, 0.2) is 0 Å². The van der Waals surface area contributed by atoms with Crippen molar-refractivity contribution in [3.05, 3.63) is 17.1 Å². The average Bonchev–Trinajstić information content (AvgIpc) is 2.50. The molecule has 0 bridgehead atoms. The van der Waals surface area contributed by atoms with Crippen LogP contribution in [0, 0.1) is 6.92 Å². The minimum Gasteiger partial charge on any atom is -0.373 e. The molecule has 2 heterocycles. The van der Waals surface area contributed by atoms with Crippen molar-refractivity contribution in [3.63, 3.8) is 0 Å². The molecule has 0 saturated heterocycles. The van der Waals surface area contributed by atoms with E-state index in [0.29, 0.717) is 0 Å². The zero-order valence-corrected chi connectivity index (χ0v) is 8.53. The first-order chi connectivity index (χ1) is 5.81. The van der Waals surface area contributed by atoms with Crippen LogP contribution in [0.15, 0.2) is 0 Å². The molecule has 0 radical (unpaired) electrons. The van der Waals surface area contributed by atoms with Gasteiger partial charge in [-0.15, -0.1) is 12.4 Å². The van der Waals surface area contributed by atoms with Crippen LogP contribution in [0.1, 0.15) is 17.1 Å². The van der Waals surface area contributed by atoms with Crippen molar-refractivity contribution < 1.29 is 0 Å². The molecule has 2 N–H and O–H groups in total. The molecule has 0 aliphatic carbocycles. The summed E-state index contributed by atoms with van der Waals surface area (Å²) < 4.78 is 0. The minimum absolute atomic E-state index is 0. The number of rotatable bonds is 1. The average molecular weight is 201 g/mol. The van der Waals surface area contributed by atoms with Gasteiger partial charge >= 0.3 is 0 Å². The highest BCUT2D eigenvalue weighted by molar-refractivity contribution is 5.85. The molecular formula is C8H13ClN4. The highest BCUT2D eigenvalue weighted by Crippen LogP contribution is 2.19. The van der Waals surface area contributed by atoms with Gasteiger partial charge < -0.3 is 10.6 Å². The molecule has 72 valence electrons. The predicted molar refractivity (Wildman–Crippen MR) is 54.1 cm³/mol. The quantitative estimate of drug-likeness (QED) is 0.706. The Kier molecular flexibility index (Phi) is 3.06. The van der Waals surface area contributed by atoms with Crippen LogP contribution in [0.3, 0.4) is 0 Å². The van der Waals surface area contributed by atoms with E-state index in [1.165, 1.54) is 5.56 Å². The lowest BCUT2D eigenvalue weighted by Crippen LogP contribution is -2.03. The molecule has 0 saturated carbocycles. The number of anilines is 1. The second-order valence-corrected chi connectivity index (χ2v) is 2.90. The SMILES string of the molecule is CNc1nc(C)nc2c1CNC2.Cl. The van der Waals surface area contributed by atoms with Gasteiger partial charge in [-0.3, -0.25) is 0 Å². The third-order valence-electron chi connectivity index (χ3n) is 2.04. The van der Waals surface area contributed by atoms with Crippen molar-refractivity contribution >= 4 is 18.2 Å². The van der Waals surface area contributed by atoms with Crippen LogP contribution in [-0.4, -0.2) is 17.0 Å². The zero-order chi connectivity index (χ0) is 8.55. The Bertz CT molecular complexity index is 313. The van der Waals surface area contributed by atoms with Crippen molar-refractivity contribution in [2.75, 3.05) is 12.4 Å². The van der Waals surface area contributed by atoms with Crippen molar-refractivity contribution in [1.82, 2.24) is 15.3 Å². The van der Waals surface area contributed by atoms with Crippen LogP contribution < -0.4 is 10.6 Å². The lowest BCUT2D eigenvalue weighted by Gasteiger charge is -2.05. The Morgan fingerprint density at radius 2 is 2.08 bits per heavy atom. The summed E-state index contributed by atoms with van der Waals surface area (Å²) in [5.74, 6) is 1.80. The maximum atomic E-state index is 4.35. The van der Waals surface area contributed by atoms with E-state index in [2.05, 4.69) is 20.6 Å². The van der Waals surface area contributed by atoms with E-state index < -0.39 is 0 Å². The van der Waals surface area contributed by atoms with E-state index >= 15 is 0 Å². The Morgan fingerprint density at radius 1 is 1.31 bits per heavy atom. The number of hydrogen-bond acceptors (Lipinski definition) is 4. The number of aryl methyl sites for hydroxylation is 1. The minimum atomic E-state index is 0. The van der Waals surface area contributed by atoms with E-state index in [-0.39, 0.29) is 12.4 Å². The summed E-state index contributed by atoms with van der Waals surface area (Å²) >= 11 is 0. The van der Waals surface area contributed by atoms with E-state index in [1.807, 2.05) is 14.0 Å². The topological polar surface area (TPSA) is 49.8 Å². The van der Waals surface area contributed by atoms with Gasteiger partial charge in [0, 0.05) is 25.7 Å². The Labute approximate surface area is 83.6 Å². The number of nitrogens with one attached hydrogen (secondary N) is 2. The van der Waals surface area contributed by atoms with Gasteiger partial charge in [0.1, 0.15) is 11.6 Å². The summed E-state index contributed by atoms with van der Waals surface area (Å²) in [5.41, 5.74) is 2.34. The summed E-state index contributed by atoms with van der Waals surface area (Å²) in [6.45, 7) is 3.67. The molecule has 1 aliphatic rings. The first-order valence-corrected chi connectivity index (χ1v) is 4.06. The fraction of sp³-hybridized carbons (Fsp3) is 0.500. The fourth-order valence-corrected chi connectivity index (χ4v) is 1.50. The van der Waals surface area contributed by atoms with Crippen molar-refractivity contribution in [2.45, 2.75) is 20.0 Å². The molecule has 4 nitrogen and oxygen atoms in total. The second-order valence-electron chi connectivity index (χ2n) is 2.90. The van der Waals surface area contributed by atoms with Crippen LogP contribution in [-0.2, 0) is 13.1 Å². The normalized spacial score (nSPS) is 13.4. The maximum absolute atomic E-state index is 4.35. The first-order valence-electron chi connectivity index (χ1n) is 4.06.